The van der Waals surface area contributed by atoms with Gasteiger partial charge in [-0.15, -0.1) is 0 Å². The van der Waals surface area contributed by atoms with E-state index >= 15 is 0 Å². The molecule has 276 valence electrons. The van der Waals surface area contributed by atoms with Gasteiger partial charge in [-0.1, -0.05) is 151 Å². The first-order valence-electron chi connectivity index (χ1n) is 21.0. The summed E-state index contributed by atoms with van der Waals surface area (Å²) in [5.41, 5.74) is 12.1. The van der Waals surface area contributed by atoms with Crippen LogP contribution in [0.5, 0.6) is 0 Å². The van der Waals surface area contributed by atoms with Crippen LogP contribution in [-0.4, -0.2) is 24.4 Å². The van der Waals surface area contributed by atoms with Gasteiger partial charge in [-0.2, -0.15) is 4.58 Å². The van der Waals surface area contributed by atoms with Gasteiger partial charge in [0.1, 0.15) is 7.05 Å². The summed E-state index contributed by atoms with van der Waals surface area (Å²) in [7, 11) is 4.60. The zero-order valence-corrected chi connectivity index (χ0v) is 33.6. The van der Waals surface area contributed by atoms with Crippen molar-refractivity contribution in [2.24, 2.45) is 10.8 Å². The summed E-state index contributed by atoms with van der Waals surface area (Å²) in [6.07, 6.45) is 31.0. The van der Waals surface area contributed by atoms with Gasteiger partial charge in [0, 0.05) is 41.6 Å². The molecule has 0 bridgehead atoms. The fourth-order valence-corrected chi connectivity index (χ4v) is 12.0. The molecule has 54 heavy (non-hydrogen) atoms. The molecule has 2 heteroatoms. The molecule has 0 atom stereocenters. The van der Waals surface area contributed by atoms with Gasteiger partial charge in [0.15, 0.2) is 5.71 Å². The summed E-state index contributed by atoms with van der Waals surface area (Å²) in [4.78, 5) is 2.51. The Labute approximate surface area is 324 Å². The van der Waals surface area contributed by atoms with Crippen molar-refractivity contribution in [3.8, 4) is 0 Å². The van der Waals surface area contributed by atoms with Crippen LogP contribution in [0.4, 0.5) is 11.4 Å². The fraction of sp³-hybridized carbons (Fsp3) is 0.404. The van der Waals surface area contributed by atoms with Crippen LogP contribution >= 0.6 is 0 Å². The second kappa shape index (κ2) is 13.1. The molecule has 2 aliphatic heterocycles. The van der Waals surface area contributed by atoms with Crippen molar-refractivity contribution in [3.05, 3.63) is 143 Å². The Bertz CT molecular complexity index is 2340. The molecule has 0 unspecified atom stereocenters. The van der Waals surface area contributed by atoms with Gasteiger partial charge in [0.05, 0.1) is 5.41 Å². The second-order valence-corrected chi connectivity index (χ2v) is 18.6. The maximum Gasteiger partial charge on any atom is 0.210 e. The minimum absolute atomic E-state index is 0.0815. The molecule has 2 fully saturated rings. The summed E-state index contributed by atoms with van der Waals surface area (Å²) < 4.78 is 2.51. The number of anilines is 1. The first-order valence-corrected chi connectivity index (χ1v) is 21.0. The van der Waals surface area contributed by atoms with E-state index in [0.29, 0.717) is 0 Å². The van der Waals surface area contributed by atoms with E-state index in [-0.39, 0.29) is 21.7 Å². The Balaban J connectivity index is 1.07. The van der Waals surface area contributed by atoms with Crippen molar-refractivity contribution < 1.29 is 4.58 Å². The molecule has 0 aromatic heterocycles. The molecule has 4 aromatic carbocycles. The molecule has 2 heterocycles. The Kier molecular flexibility index (Phi) is 8.56. The van der Waals surface area contributed by atoms with E-state index in [1.807, 2.05) is 0 Å². The molecular weight excluding hydrogens is 653 g/mol. The minimum Gasteiger partial charge on any atom is -0.347 e. The van der Waals surface area contributed by atoms with Crippen LogP contribution in [0.2, 0.25) is 0 Å². The third-order valence-corrected chi connectivity index (χ3v) is 14.4. The molecule has 0 radical (unpaired) electrons. The lowest BCUT2D eigenvalue weighted by atomic mass is 9.63. The third-order valence-electron chi connectivity index (χ3n) is 14.4. The molecule has 2 saturated carbocycles. The average Bonchev–Trinajstić information content (AvgIpc) is 3.53. The van der Waals surface area contributed by atoms with Crippen LogP contribution < -0.4 is 4.90 Å². The standard InChI is InChI=1S/C52H59N2/c1-49(2)36-50(3,4)40(22-18-26-46-52(33-15-8-16-34-52)48-42-24-12-10-20-38(42)28-30-44(48)54(46)6)35-39(49)21-17-25-45-51(31-13-7-14-32-51)47-41-23-11-9-19-37(41)27-29-43(47)53(45)5/h9-12,17-30,35H,7-8,13-16,31-34,36H2,1-6H3/q+1. The summed E-state index contributed by atoms with van der Waals surface area (Å²) in [6.45, 7) is 9.76. The predicted molar refractivity (Wildman–Crippen MR) is 231 cm³/mol. The molecular formula is C52H59N2+. The monoisotopic (exact) mass is 711 g/mol. The summed E-state index contributed by atoms with van der Waals surface area (Å²) in [5, 5.41) is 5.60. The van der Waals surface area contributed by atoms with Crippen LogP contribution in [0.1, 0.15) is 109 Å². The van der Waals surface area contributed by atoms with Gasteiger partial charge in [-0.3, -0.25) is 0 Å². The molecule has 9 rings (SSSR count). The molecule has 0 N–H and O–H groups in total. The molecule has 2 spiro atoms. The maximum absolute atomic E-state index is 2.52. The van der Waals surface area contributed by atoms with Crippen LogP contribution in [0.15, 0.2) is 132 Å². The van der Waals surface area contributed by atoms with E-state index in [9.17, 15) is 0 Å². The van der Waals surface area contributed by atoms with Crippen molar-refractivity contribution in [3.63, 3.8) is 0 Å². The van der Waals surface area contributed by atoms with Crippen molar-refractivity contribution in [2.75, 3.05) is 19.0 Å². The van der Waals surface area contributed by atoms with Gasteiger partial charge < -0.3 is 4.90 Å². The highest BCUT2D eigenvalue weighted by Gasteiger charge is 2.51. The average molecular weight is 712 g/mol. The number of hydrogen-bond donors (Lipinski definition) is 0. The number of allylic oxidation sites excluding steroid dienone is 10. The number of hydrogen-bond acceptors (Lipinski definition) is 1. The Morgan fingerprint density at radius 3 is 1.89 bits per heavy atom. The quantitative estimate of drug-likeness (QED) is 0.191. The Hall–Kier alpha value is -4.43. The van der Waals surface area contributed by atoms with Gasteiger partial charge >= 0.3 is 0 Å². The first-order chi connectivity index (χ1) is 26.1. The molecule has 0 amide bonds. The predicted octanol–water partition coefficient (Wildman–Crippen LogP) is 13.6. The van der Waals surface area contributed by atoms with Crippen LogP contribution in [0, 0.1) is 10.8 Å². The SMILES string of the molecule is CN1/C(=C/C=C/C2=CC(=C/C=C/C3=[N+](C)c4ccc5ccccc5c4C34CCCCC4)/C(C)(C)CC2(C)C)C2(CCCCC2)c2c1ccc1ccccc21. The molecule has 3 aliphatic carbocycles. The van der Waals surface area contributed by atoms with Crippen LogP contribution in [-0.2, 0) is 10.8 Å². The summed E-state index contributed by atoms with van der Waals surface area (Å²) in [6, 6.07) is 27.5. The van der Waals surface area contributed by atoms with Crippen LogP contribution in [0.25, 0.3) is 21.5 Å². The Morgan fingerprint density at radius 1 is 0.611 bits per heavy atom. The van der Waals surface area contributed by atoms with Crippen LogP contribution in [0.3, 0.4) is 0 Å². The summed E-state index contributed by atoms with van der Waals surface area (Å²) >= 11 is 0. The van der Waals surface area contributed by atoms with Crippen molar-refractivity contribution >= 4 is 38.6 Å². The van der Waals surface area contributed by atoms with Gasteiger partial charge in [-0.25, -0.2) is 0 Å². The molecule has 2 nitrogen and oxygen atoms in total. The third kappa shape index (κ3) is 5.45. The number of nitrogens with zero attached hydrogens (tertiary/aromatic N) is 2. The van der Waals surface area contributed by atoms with Crippen molar-refractivity contribution in [2.45, 2.75) is 109 Å². The van der Waals surface area contributed by atoms with Gasteiger partial charge in [-0.05, 0) is 99.4 Å². The minimum atomic E-state index is 0.0815. The zero-order chi connectivity index (χ0) is 37.3. The van der Waals surface area contributed by atoms with E-state index < -0.39 is 0 Å². The highest BCUT2D eigenvalue weighted by atomic mass is 15.2. The van der Waals surface area contributed by atoms with Gasteiger partial charge in [0.2, 0.25) is 5.69 Å². The smallest absolute Gasteiger partial charge is 0.210 e. The lowest BCUT2D eigenvalue weighted by molar-refractivity contribution is -0.401. The first kappa shape index (κ1) is 35.3. The highest BCUT2D eigenvalue weighted by molar-refractivity contribution is 6.08. The van der Waals surface area contributed by atoms with E-state index in [1.54, 1.807) is 11.1 Å². The zero-order valence-electron chi connectivity index (χ0n) is 33.6. The van der Waals surface area contributed by atoms with E-state index in [4.69, 9.17) is 0 Å². The normalized spacial score (nSPS) is 24.2. The molecule has 0 saturated heterocycles. The number of rotatable bonds is 4. The van der Waals surface area contributed by atoms with E-state index in [2.05, 4.69) is 167 Å². The second-order valence-electron chi connectivity index (χ2n) is 18.6. The highest BCUT2D eigenvalue weighted by Crippen LogP contribution is 2.57. The van der Waals surface area contributed by atoms with E-state index in [0.717, 1.165) is 6.42 Å². The summed E-state index contributed by atoms with van der Waals surface area (Å²) in [5.74, 6) is 0. The lowest BCUT2D eigenvalue weighted by Gasteiger charge is -2.42. The largest absolute Gasteiger partial charge is 0.347 e. The lowest BCUT2D eigenvalue weighted by Crippen LogP contribution is -2.36. The van der Waals surface area contributed by atoms with E-state index in [1.165, 1.54) is 120 Å². The number of fused-ring (bicyclic) bond motifs is 8. The van der Waals surface area contributed by atoms with Crippen molar-refractivity contribution in [1.29, 1.82) is 0 Å². The topological polar surface area (TPSA) is 6.25 Å². The Morgan fingerprint density at radius 2 is 1.20 bits per heavy atom. The molecule has 4 aromatic rings. The maximum atomic E-state index is 2.52. The number of likely N-dealkylation sites (N-methyl/N-ethyl adjacent to an activating group) is 1. The van der Waals surface area contributed by atoms with Gasteiger partial charge in [0.25, 0.3) is 0 Å². The molecule has 5 aliphatic rings. The fourth-order valence-electron chi connectivity index (χ4n) is 12.0. The number of benzene rings is 4. The van der Waals surface area contributed by atoms with Crippen molar-refractivity contribution in [1.82, 2.24) is 0 Å².